The van der Waals surface area contributed by atoms with Crippen molar-refractivity contribution >= 4 is 0 Å². The maximum atomic E-state index is 10.6. The van der Waals surface area contributed by atoms with Crippen LogP contribution in [0.3, 0.4) is 0 Å². The van der Waals surface area contributed by atoms with Crippen LogP contribution in [0, 0.1) is 0 Å². The van der Waals surface area contributed by atoms with Gasteiger partial charge in [-0.15, -0.1) is 0 Å². The summed E-state index contributed by atoms with van der Waals surface area (Å²) in [4.78, 5) is 0. The van der Waals surface area contributed by atoms with Gasteiger partial charge in [-0.1, -0.05) is 12.8 Å². The topological polar surface area (TPSA) is 45.9 Å². The Balaban J connectivity index is 1.93. The van der Waals surface area contributed by atoms with Gasteiger partial charge in [0.1, 0.15) is 11.4 Å². The van der Waals surface area contributed by atoms with Gasteiger partial charge in [0.25, 0.3) is 0 Å². The molecule has 1 aliphatic heterocycles. The van der Waals surface area contributed by atoms with Crippen LogP contribution in [-0.2, 0) is 10.3 Å². The maximum absolute atomic E-state index is 10.6. The van der Waals surface area contributed by atoms with Crippen molar-refractivity contribution in [3.63, 3.8) is 0 Å². The van der Waals surface area contributed by atoms with Crippen molar-refractivity contribution in [3.05, 3.63) is 24.2 Å². The van der Waals surface area contributed by atoms with Crippen LogP contribution in [0.15, 0.2) is 22.8 Å². The zero-order valence-electron chi connectivity index (χ0n) is 8.90. The van der Waals surface area contributed by atoms with E-state index in [9.17, 15) is 5.11 Å². The van der Waals surface area contributed by atoms with Gasteiger partial charge in [0.05, 0.1) is 12.4 Å². The van der Waals surface area contributed by atoms with Crippen LogP contribution in [0.2, 0.25) is 0 Å². The number of epoxide rings is 1. The molecule has 3 atom stereocenters. The summed E-state index contributed by atoms with van der Waals surface area (Å²) in [5.41, 5.74) is -1.36. The molecule has 1 saturated carbocycles. The first-order chi connectivity index (χ1) is 7.17. The zero-order chi connectivity index (χ0) is 10.5. The standard InChI is InChI=1S/C12H16O3/c1-11(13,9-6-4-8-14-9)12-7-3-2-5-10(12)15-12/h4,6,8,10,13H,2-3,5,7H2,1H3/t10-,11+,12+/m0/s1. The molecule has 2 aliphatic rings. The average molecular weight is 208 g/mol. The summed E-state index contributed by atoms with van der Waals surface area (Å²) < 4.78 is 11.1. The minimum atomic E-state index is -0.985. The fourth-order valence-electron chi connectivity index (χ4n) is 2.88. The van der Waals surface area contributed by atoms with Gasteiger partial charge < -0.3 is 14.3 Å². The molecule has 1 aromatic rings. The number of hydrogen-bond donors (Lipinski definition) is 1. The van der Waals surface area contributed by atoms with E-state index in [1.165, 1.54) is 6.42 Å². The Morgan fingerprint density at radius 3 is 3.07 bits per heavy atom. The molecule has 0 radical (unpaired) electrons. The highest BCUT2D eigenvalue weighted by atomic mass is 16.6. The maximum Gasteiger partial charge on any atom is 0.151 e. The zero-order valence-corrected chi connectivity index (χ0v) is 8.90. The van der Waals surface area contributed by atoms with Crippen LogP contribution in [0.1, 0.15) is 38.4 Å². The Bertz CT molecular complexity index is 355. The van der Waals surface area contributed by atoms with E-state index in [1.54, 1.807) is 19.3 Å². The molecular formula is C12H16O3. The van der Waals surface area contributed by atoms with Gasteiger partial charge in [-0.25, -0.2) is 0 Å². The number of furan rings is 1. The lowest BCUT2D eigenvalue weighted by Crippen LogP contribution is -2.42. The minimum Gasteiger partial charge on any atom is -0.466 e. The van der Waals surface area contributed by atoms with E-state index in [2.05, 4.69) is 0 Å². The van der Waals surface area contributed by atoms with Crippen LogP contribution in [0.5, 0.6) is 0 Å². The average Bonchev–Trinajstić information content (AvgIpc) is 2.73. The van der Waals surface area contributed by atoms with Crippen molar-refractivity contribution < 1.29 is 14.3 Å². The fourth-order valence-corrected chi connectivity index (χ4v) is 2.88. The number of fused-ring (bicyclic) bond motifs is 1. The smallest absolute Gasteiger partial charge is 0.151 e. The number of aliphatic hydroxyl groups is 1. The molecule has 1 saturated heterocycles. The number of rotatable bonds is 2. The van der Waals surface area contributed by atoms with Crippen molar-refractivity contribution in [2.75, 3.05) is 0 Å². The first-order valence-electron chi connectivity index (χ1n) is 5.61. The van der Waals surface area contributed by atoms with Gasteiger partial charge in [-0.05, 0) is 31.9 Å². The quantitative estimate of drug-likeness (QED) is 0.758. The largest absolute Gasteiger partial charge is 0.466 e. The molecule has 2 heterocycles. The Labute approximate surface area is 89.0 Å². The van der Waals surface area contributed by atoms with E-state index in [4.69, 9.17) is 9.15 Å². The summed E-state index contributed by atoms with van der Waals surface area (Å²) in [7, 11) is 0. The number of hydrogen-bond acceptors (Lipinski definition) is 3. The first kappa shape index (κ1) is 9.43. The molecule has 3 rings (SSSR count). The Morgan fingerprint density at radius 2 is 2.40 bits per heavy atom. The molecule has 2 fully saturated rings. The van der Waals surface area contributed by atoms with Crippen molar-refractivity contribution in [2.24, 2.45) is 0 Å². The summed E-state index contributed by atoms with van der Waals surface area (Å²) in [6, 6.07) is 3.63. The first-order valence-corrected chi connectivity index (χ1v) is 5.61. The molecule has 0 bridgehead atoms. The van der Waals surface area contributed by atoms with E-state index < -0.39 is 5.60 Å². The van der Waals surface area contributed by atoms with Crippen molar-refractivity contribution in [1.29, 1.82) is 0 Å². The van der Waals surface area contributed by atoms with E-state index in [0.717, 1.165) is 19.3 Å². The van der Waals surface area contributed by atoms with Crippen LogP contribution >= 0.6 is 0 Å². The highest BCUT2D eigenvalue weighted by molar-refractivity contribution is 5.23. The molecule has 3 nitrogen and oxygen atoms in total. The summed E-state index contributed by atoms with van der Waals surface area (Å²) in [5, 5.41) is 10.6. The predicted molar refractivity (Wildman–Crippen MR) is 54.4 cm³/mol. The monoisotopic (exact) mass is 208 g/mol. The van der Waals surface area contributed by atoms with Gasteiger partial charge in [0.15, 0.2) is 5.60 Å². The molecule has 1 aromatic heterocycles. The second-order valence-electron chi connectivity index (χ2n) is 4.79. The molecular weight excluding hydrogens is 192 g/mol. The molecule has 0 spiro atoms. The van der Waals surface area contributed by atoms with E-state index in [0.29, 0.717) is 5.76 Å². The molecule has 3 heteroatoms. The third kappa shape index (κ3) is 1.13. The lowest BCUT2D eigenvalue weighted by atomic mass is 9.76. The van der Waals surface area contributed by atoms with Crippen LogP contribution < -0.4 is 0 Å². The third-order valence-corrected chi connectivity index (χ3v) is 3.90. The summed E-state index contributed by atoms with van der Waals surface area (Å²) in [6.45, 7) is 1.80. The van der Waals surface area contributed by atoms with Gasteiger partial charge >= 0.3 is 0 Å². The van der Waals surface area contributed by atoms with Crippen molar-refractivity contribution in [1.82, 2.24) is 0 Å². The summed E-state index contributed by atoms with van der Waals surface area (Å²) >= 11 is 0. The highest BCUT2D eigenvalue weighted by Crippen LogP contribution is 2.57. The van der Waals surface area contributed by atoms with E-state index in [-0.39, 0.29) is 11.7 Å². The lowest BCUT2D eigenvalue weighted by molar-refractivity contribution is -0.0496. The van der Waals surface area contributed by atoms with Gasteiger partial charge in [0, 0.05) is 0 Å². The number of ether oxygens (including phenoxy) is 1. The Morgan fingerprint density at radius 1 is 1.53 bits per heavy atom. The predicted octanol–water partition coefficient (Wildman–Crippen LogP) is 2.20. The van der Waals surface area contributed by atoms with Crippen LogP contribution in [0.4, 0.5) is 0 Å². The Hall–Kier alpha value is -0.800. The molecule has 0 aromatic carbocycles. The molecule has 1 N–H and O–H groups in total. The summed E-state index contributed by atoms with van der Waals surface area (Å²) in [6.07, 6.45) is 6.17. The molecule has 0 unspecified atom stereocenters. The highest BCUT2D eigenvalue weighted by Gasteiger charge is 2.68. The van der Waals surface area contributed by atoms with Gasteiger partial charge in [-0.2, -0.15) is 0 Å². The van der Waals surface area contributed by atoms with E-state index in [1.807, 2.05) is 6.07 Å². The molecule has 15 heavy (non-hydrogen) atoms. The van der Waals surface area contributed by atoms with Gasteiger partial charge in [0.2, 0.25) is 0 Å². The fraction of sp³-hybridized carbons (Fsp3) is 0.667. The Kier molecular flexibility index (Phi) is 1.80. The van der Waals surface area contributed by atoms with E-state index >= 15 is 0 Å². The summed E-state index contributed by atoms with van der Waals surface area (Å²) in [5.74, 6) is 0.618. The van der Waals surface area contributed by atoms with Crippen LogP contribution in [-0.4, -0.2) is 16.8 Å². The lowest BCUT2D eigenvalue weighted by Gasteiger charge is -2.31. The normalized spacial score (nSPS) is 38.1. The molecule has 82 valence electrons. The molecule has 1 aliphatic carbocycles. The SMILES string of the molecule is C[C@@](O)(c1ccco1)[C@@]12CCCC[C@@H]1O2. The third-order valence-electron chi connectivity index (χ3n) is 3.90. The minimum absolute atomic E-state index is 0.228. The van der Waals surface area contributed by atoms with Crippen molar-refractivity contribution in [2.45, 2.75) is 49.9 Å². The second-order valence-corrected chi connectivity index (χ2v) is 4.79. The van der Waals surface area contributed by atoms with Crippen LogP contribution in [0.25, 0.3) is 0 Å². The van der Waals surface area contributed by atoms with Gasteiger partial charge in [-0.3, -0.25) is 0 Å². The second kappa shape index (κ2) is 2.86. The van der Waals surface area contributed by atoms with Crippen molar-refractivity contribution in [3.8, 4) is 0 Å². The molecule has 0 amide bonds.